The molecule has 2 rings (SSSR count). The van der Waals surface area contributed by atoms with Crippen molar-refractivity contribution in [2.24, 2.45) is 0 Å². The van der Waals surface area contributed by atoms with Crippen molar-refractivity contribution in [3.05, 3.63) is 35.6 Å². The number of sulfone groups is 1. The van der Waals surface area contributed by atoms with Gasteiger partial charge in [-0.1, -0.05) is 12.1 Å². The molecule has 1 saturated heterocycles. The van der Waals surface area contributed by atoms with Crippen LogP contribution in [0.15, 0.2) is 24.3 Å². The van der Waals surface area contributed by atoms with Crippen LogP contribution >= 0.6 is 0 Å². The number of nitrogens with zero attached hydrogens (tertiary/aromatic N) is 1. The normalized spacial score (nSPS) is 20.4. The van der Waals surface area contributed by atoms with Gasteiger partial charge >= 0.3 is 5.97 Å². The van der Waals surface area contributed by atoms with Crippen molar-refractivity contribution in [3.8, 4) is 0 Å². The third kappa shape index (κ3) is 4.31. The minimum absolute atomic E-state index is 0.00805. The molecular formula is C16H20FNO5S. The number of methoxy groups -OCH3 is 1. The third-order valence-corrected chi connectivity index (χ3v) is 5.87. The number of rotatable bonds is 5. The molecule has 1 amide bonds. The Bertz CT molecular complexity index is 716. The summed E-state index contributed by atoms with van der Waals surface area (Å²) in [6.07, 6.45) is 0.247. The number of amides is 1. The van der Waals surface area contributed by atoms with E-state index in [0.29, 0.717) is 12.0 Å². The number of carbonyl (C=O) groups is 2. The summed E-state index contributed by atoms with van der Waals surface area (Å²) < 4.78 is 41.1. The van der Waals surface area contributed by atoms with Gasteiger partial charge in [0, 0.05) is 6.04 Å². The number of halogens is 1. The summed E-state index contributed by atoms with van der Waals surface area (Å²) in [6, 6.07) is 4.02. The number of hydrogen-bond acceptors (Lipinski definition) is 5. The maximum Gasteiger partial charge on any atom is 0.328 e. The highest BCUT2D eigenvalue weighted by atomic mass is 32.2. The predicted octanol–water partition coefficient (Wildman–Crippen LogP) is 0.945. The molecular weight excluding hydrogens is 337 g/mol. The highest BCUT2D eigenvalue weighted by Gasteiger charge is 2.39. The number of ether oxygens (including phenoxy) is 1. The van der Waals surface area contributed by atoms with E-state index in [-0.39, 0.29) is 23.8 Å². The summed E-state index contributed by atoms with van der Waals surface area (Å²) in [5.41, 5.74) is 0.587. The Kier molecular flexibility index (Phi) is 5.58. The van der Waals surface area contributed by atoms with E-state index in [0.717, 1.165) is 0 Å². The van der Waals surface area contributed by atoms with Crippen LogP contribution in [0.1, 0.15) is 18.9 Å². The van der Waals surface area contributed by atoms with Gasteiger partial charge < -0.3 is 9.64 Å². The quantitative estimate of drug-likeness (QED) is 0.733. The fourth-order valence-electron chi connectivity index (χ4n) is 2.88. The molecule has 0 saturated carbocycles. The molecule has 1 aromatic rings. The van der Waals surface area contributed by atoms with Crippen LogP contribution in [-0.4, -0.2) is 55.9 Å². The van der Waals surface area contributed by atoms with Crippen LogP contribution in [0.4, 0.5) is 4.39 Å². The van der Waals surface area contributed by atoms with Gasteiger partial charge in [-0.3, -0.25) is 4.79 Å². The highest BCUT2D eigenvalue weighted by Crippen LogP contribution is 2.22. The van der Waals surface area contributed by atoms with Crippen LogP contribution in [0.2, 0.25) is 0 Å². The van der Waals surface area contributed by atoms with Crippen LogP contribution < -0.4 is 0 Å². The van der Waals surface area contributed by atoms with Gasteiger partial charge in [0.15, 0.2) is 9.84 Å². The summed E-state index contributed by atoms with van der Waals surface area (Å²) in [5.74, 6) is -1.57. The lowest BCUT2D eigenvalue weighted by molar-refractivity contribution is -0.153. The lowest BCUT2D eigenvalue weighted by Gasteiger charge is -2.32. The highest BCUT2D eigenvalue weighted by molar-refractivity contribution is 7.91. The standard InChI is InChI=1S/C16H20FNO5S/c1-11(16(20)23-2)18(14-7-8-24(21,22)10-14)15(19)9-12-3-5-13(17)6-4-12/h3-6,11,14H,7-10H2,1-2H3/t11-,14+/m1/s1. The van der Waals surface area contributed by atoms with E-state index in [2.05, 4.69) is 4.74 Å². The van der Waals surface area contributed by atoms with Crippen LogP contribution in [-0.2, 0) is 30.6 Å². The van der Waals surface area contributed by atoms with Gasteiger partial charge in [0.1, 0.15) is 11.9 Å². The second-order valence-corrected chi connectivity index (χ2v) is 8.09. The van der Waals surface area contributed by atoms with Crippen molar-refractivity contribution in [2.45, 2.75) is 31.8 Å². The first kappa shape index (κ1) is 18.4. The van der Waals surface area contributed by atoms with E-state index in [4.69, 9.17) is 0 Å². The Balaban J connectivity index is 2.22. The Morgan fingerprint density at radius 1 is 1.33 bits per heavy atom. The molecule has 0 radical (unpaired) electrons. The Labute approximate surface area is 140 Å². The molecule has 0 spiro atoms. The molecule has 0 unspecified atom stereocenters. The number of benzene rings is 1. The fourth-order valence-corrected chi connectivity index (χ4v) is 4.59. The molecule has 1 heterocycles. The van der Waals surface area contributed by atoms with E-state index in [9.17, 15) is 22.4 Å². The first-order valence-electron chi connectivity index (χ1n) is 7.57. The maximum absolute atomic E-state index is 13.0. The van der Waals surface area contributed by atoms with E-state index < -0.39 is 33.7 Å². The van der Waals surface area contributed by atoms with Gasteiger partial charge in [-0.15, -0.1) is 0 Å². The molecule has 2 atom stereocenters. The largest absolute Gasteiger partial charge is 0.467 e. The molecule has 0 N–H and O–H groups in total. The van der Waals surface area contributed by atoms with Gasteiger partial charge in [-0.05, 0) is 31.0 Å². The number of carbonyl (C=O) groups excluding carboxylic acids is 2. The Hall–Kier alpha value is -1.96. The van der Waals surface area contributed by atoms with Gasteiger partial charge in [0.25, 0.3) is 0 Å². The van der Waals surface area contributed by atoms with E-state index in [1.165, 1.54) is 43.2 Å². The minimum Gasteiger partial charge on any atom is -0.467 e. The van der Waals surface area contributed by atoms with Crippen molar-refractivity contribution >= 4 is 21.7 Å². The van der Waals surface area contributed by atoms with Crippen molar-refractivity contribution in [2.75, 3.05) is 18.6 Å². The smallest absolute Gasteiger partial charge is 0.328 e. The molecule has 8 heteroatoms. The fraction of sp³-hybridized carbons (Fsp3) is 0.500. The predicted molar refractivity (Wildman–Crippen MR) is 85.5 cm³/mol. The average Bonchev–Trinajstić information content (AvgIpc) is 2.88. The first-order valence-corrected chi connectivity index (χ1v) is 9.39. The molecule has 1 aliphatic heterocycles. The molecule has 6 nitrogen and oxygen atoms in total. The van der Waals surface area contributed by atoms with Crippen molar-refractivity contribution in [3.63, 3.8) is 0 Å². The van der Waals surface area contributed by atoms with Crippen LogP contribution in [0.5, 0.6) is 0 Å². The minimum atomic E-state index is -3.21. The van der Waals surface area contributed by atoms with Gasteiger partial charge in [0.05, 0.1) is 25.0 Å². The average molecular weight is 357 g/mol. The summed E-state index contributed by atoms with van der Waals surface area (Å²) in [5, 5.41) is 0. The van der Waals surface area contributed by atoms with Crippen molar-refractivity contribution in [1.82, 2.24) is 4.90 Å². The molecule has 0 aromatic heterocycles. The lowest BCUT2D eigenvalue weighted by Crippen LogP contribution is -2.50. The summed E-state index contributed by atoms with van der Waals surface area (Å²) in [6.45, 7) is 1.51. The van der Waals surface area contributed by atoms with E-state index in [1.54, 1.807) is 0 Å². The van der Waals surface area contributed by atoms with E-state index >= 15 is 0 Å². The molecule has 1 aromatic carbocycles. The van der Waals surface area contributed by atoms with Gasteiger partial charge in [-0.25, -0.2) is 17.6 Å². The molecule has 132 valence electrons. The van der Waals surface area contributed by atoms with Crippen molar-refractivity contribution in [1.29, 1.82) is 0 Å². The Morgan fingerprint density at radius 3 is 2.46 bits per heavy atom. The monoisotopic (exact) mass is 357 g/mol. The summed E-state index contributed by atoms with van der Waals surface area (Å²) >= 11 is 0. The SMILES string of the molecule is COC(=O)[C@@H](C)N(C(=O)Cc1ccc(F)cc1)[C@H]1CCS(=O)(=O)C1. The zero-order chi connectivity index (χ0) is 17.9. The molecule has 0 aliphatic carbocycles. The van der Waals surface area contributed by atoms with Gasteiger partial charge in [-0.2, -0.15) is 0 Å². The van der Waals surface area contributed by atoms with Crippen molar-refractivity contribution < 1.29 is 27.1 Å². The molecule has 24 heavy (non-hydrogen) atoms. The zero-order valence-electron chi connectivity index (χ0n) is 13.6. The number of hydrogen-bond donors (Lipinski definition) is 0. The van der Waals surface area contributed by atoms with Crippen LogP contribution in [0.25, 0.3) is 0 Å². The molecule has 1 fully saturated rings. The lowest BCUT2D eigenvalue weighted by atomic mass is 10.1. The van der Waals surface area contributed by atoms with Crippen LogP contribution in [0, 0.1) is 5.82 Å². The molecule has 0 bridgehead atoms. The van der Waals surface area contributed by atoms with E-state index in [1.807, 2.05) is 0 Å². The third-order valence-electron chi connectivity index (χ3n) is 4.12. The zero-order valence-corrected chi connectivity index (χ0v) is 14.4. The summed E-state index contributed by atoms with van der Waals surface area (Å²) in [4.78, 5) is 25.8. The Morgan fingerprint density at radius 2 is 1.96 bits per heavy atom. The second-order valence-electron chi connectivity index (χ2n) is 5.86. The van der Waals surface area contributed by atoms with Gasteiger partial charge in [0.2, 0.25) is 5.91 Å². The first-order chi connectivity index (χ1) is 11.2. The number of esters is 1. The molecule has 1 aliphatic rings. The maximum atomic E-state index is 13.0. The summed E-state index contributed by atoms with van der Waals surface area (Å²) in [7, 11) is -2.00. The van der Waals surface area contributed by atoms with Crippen LogP contribution in [0.3, 0.4) is 0 Å². The second kappa shape index (κ2) is 7.29. The topological polar surface area (TPSA) is 80.8 Å².